The molecule has 3 rings (SSSR count). The number of hydrogen-bond donors (Lipinski definition) is 1. The number of rotatable bonds is 3. The topological polar surface area (TPSA) is 33.7 Å². The maximum atomic E-state index is 5.65. The summed E-state index contributed by atoms with van der Waals surface area (Å²) in [5, 5.41) is 3.96. The van der Waals surface area contributed by atoms with Crippen LogP contribution in [-0.2, 0) is 6.42 Å². The summed E-state index contributed by atoms with van der Waals surface area (Å²) in [7, 11) is 3.28. The number of thiocarbonyl (C=S) groups is 1. The van der Waals surface area contributed by atoms with Gasteiger partial charge in [0.25, 0.3) is 0 Å². The molecule has 0 saturated heterocycles. The molecule has 23 heavy (non-hydrogen) atoms. The second-order valence-electron chi connectivity index (χ2n) is 5.55. The molecule has 0 spiro atoms. The minimum Gasteiger partial charge on any atom is -0.497 e. The lowest BCUT2D eigenvalue weighted by Gasteiger charge is -2.26. The zero-order chi connectivity index (χ0) is 16.4. The van der Waals surface area contributed by atoms with Gasteiger partial charge in [0.2, 0.25) is 0 Å². The van der Waals surface area contributed by atoms with E-state index in [2.05, 4.69) is 35.3 Å². The molecule has 0 saturated carbocycles. The van der Waals surface area contributed by atoms with Crippen LogP contribution in [0.3, 0.4) is 0 Å². The molecule has 0 aromatic heterocycles. The molecule has 1 N–H and O–H groups in total. The van der Waals surface area contributed by atoms with Crippen molar-refractivity contribution in [1.82, 2.24) is 0 Å². The minimum absolute atomic E-state index is 0.323. The summed E-state index contributed by atoms with van der Waals surface area (Å²) in [6.07, 6.45) is 0.993. The Kier molecular flexibility index (Phi) is 4.39. The Bertz CT molecular complexity index is 733. The first kappa shape index (κ1) is 15.6. The van der Waals surface area contributed by atoms with Gasteiger partial charge in [0.1, 0.15) is 11.5 Å². The molecule has 1 aliphatic heterocycles. The zero-order valence-corrected chi connectivity index (χ0v) is 14.3. The van der Waals surface area contributed by atoms with Crippen molar-refractivity contribution in [3.8, 4) is 11.5 Å². The molecule has 0 aliphatic carbocycles. The van der Waals surface area contributed by atoms with Gasteiger partial charge in [-0.05, 0) is 49.3 Å². The fourth-order valence-electron chi connectivity index (χ4n) is 2.96. The summed E-state index contributed by atoms with van der Waals surface area (Å²) < 4.78 is 10.7. The standard InChI is InChI=1S/C18H20N2O2S/c1-12-10-13-6-4-5-7-16(13)20(12)18(23)19-15-11-14(21-2)8-9-17(15)22-3/h4-9,11-12H,10H2,1-3H3,(H,19,23)/t12-/m0/s1. The van der Waals surface area contributed by atoms with Crippen molar-refractivity contribution < 1.29 is 9.47 Å². The molecule has 0 unspecified atom stereocenters. The maximum absolute atomic E-state index is 5.65. The van der Waals surface area contributed by atoms with E-state index >= 15 is 0 Å². The van der Waals surface area contributed by atoms with Gasteiger partial charge in [-0.3, -0.25) is 0 Å². The first-order valence-electron chi connectivity index (χ1n) is 7.54. The highest BCUT2D eigenvalue weighted by molar-refractivity contribution is 7.80. The van der Waals surface area contributed by atoms with Crippen molar-refractivity contribution in [2.75, 3.05) is 24.4 Å². The largest absolute Gasteiger partial charge is 0.497 e. The third kappa shape index (κ3) is 2.97. The number of ether oxygens (including phenoxy) is 2. The van der Waals surface area contributed by atoms with Crippen molar-refractivity contribution in [1.29, 1.82) is 0 Å². The van der Waals surface area contributed by atoms with Crippen LogP contribution in [0.1, 0.15) is 12.5 Å². The Labute approximate surface area is 142 Å². The van der Waals surface area contributed by atoms with Crippen LogP contribution in [0.25, 0.3) is 0 Å². The van der Waals surface area contributed by atoms with Crippen molar-refractivity contribution in [3.63, 3.8) is 0 Å². The molecule has 1 atom stereocenters. The number of hydrogen-bond acceptors (Lipinski definition) is 3. The van der Waals surface area contributed by atoms with E-state index in [4.69, 9.17) is 21.7 Å². The first-order chi connectivity index (χ1) is 11.1. The predicted molar refractivity (Wildman–Crippen MR) is 97.9 cm³/mol. The van der Waals surface area contributed by atoms with Gasteiger partial charge in [-0.15, -0.1) is 0 Å². The molecular weight excluding hydrogens is 308 g/mol. The Morgan fingerprint density at radius 1 is 1.17 bits per heavy atom. The van der Waals surface area contributed by atoms with Crippen LogP contribution in [0.5, 0.6) is 11.5 Å². The normalized spacial score (nSPS) is 16.0. The highest BCUT2D eigenvalue weighted by Gasteiger charge is 2.28. The molecule has 1 heterocycles. The molecule has 4 nitrogen and oxygen atoms in total. The smallest absolute Gasteiger partial charge is 0.178 e. The van der Waals surface area contributed by atoms with Crippen LogP contribution in [0, 0.1) is 0 Å². The summed E-state index contributed by atoms with van der Waals surface area (Å²) in [6.45, 7) is 2.18. The third-order valence-corrected chi connectivity index (χ3v) is 4.37. The van der Waals surface area contributed by atoms with Crippen molar-refractivity contribution >= 4 is 28.7 Å². The van der Waals surface area contributed by atoms with Gasteiger partial charge >= 0.3 is 0 Å². The molecule has 0 bridgehead atoms. The molecule has 0 amide bonds. The van der Waals surface area contributed by atoms with E-state index in [0.29, 0.717) is 11.2 Å². The number of methoxy groups -OCH3 is 2. The molecule has 5 heteroatoms. The van der Waals surface area contributed by atoms with Gasteiger partial charge in [0.15, 0.2) is 5.11 Å². The minimum atomic E-state index is 0.323. The lowest BCUT2D eigenvalue weighted by atomic mass is 10.1. The lowest BCUT2D eigenvalue weighted by molar-refractivity contribution is 0.405. The van der Waals surface area contributed by atoms with E-state index in [9.17, 15) is 0 Å². The van der Waals surface area contributed by atoms with E-state index in [1.54, 1.807) is 14.2 Å². The molecule has 2 aromatic carbocycles. The summed E-state index contributed by atoms with van der Waals surface area (Å²) >= 11 is 5.65. The van der Waals surface area contributed by atoms with Crippen LogP contribution < -0.4 is 19.7 Å². The fourth-order valence-corrected chi connectivity index (χ4v) is 3.35. The fraction of sp³-hybridized carbons (Fsp3) is 0.278. The average Bonchev–Trinajstić information content (AvgIpc) is 2.90. The molecule has 1 aliphatic rings. The van der Waals surface area contributed by atoms with Crippen LogP contribution in [0.4, 0.5) is 11.4 Å². The highest BCUT2D eigenvalue weighted by Crippen LogP contribution is 2.34. The Balaban J connectivity index is 1.88. The maximum Gasteiger partial charge on any atom is 0.178 e. The number of fused-ring (bicyclic) bond motifs is 1. The average molecular weight is 328 g/mol. The predicted octanol–water partition coefficient (Wildman–Crippen LogP) is 3.85. The highest BCUT2D eigenvalue weighted by atomic mass is 32.1. The second-order valence-corrected chi connectivity index (χ2v) is 5.93. The summed E-state index contributed by atoms with van der Waals surface area (Å²) in [5.41, 5.74) is 3.29. The zero-order valence-electron chi connectivity index (χ0n) is 13.5. The molecule has 0 fully saturated rings. The summed E-state index contributed by atoms with van der Waals surface area (Å²) in [6, 6.07) is 14.3. The van der Waals surface area contributed by atoms with E-state index < -0.39 is 0 Å². The van der Waals surface area contributed by atoms with E-state index in [0.717, 1.165) is 23.6 Å². The summed E-state index contributed by atoms with van der Waals surface area (Å²) in [4.78, 5) is 2.16. The van der Waals surface area contributed by atoms with Crippen molar-refractivity contribution in [3.05, 3.63) is 48.0 Å². The van der Waals surface area contributed by atoms with E-state index in [1.165, 1.54) is 11.3 Å². The lowest BCUT2D eigenvalue weighted by Crippen LogP contribution is -2.38. The van der Waals surface area contributed by atoms with Gasteiger partial charge in [-0.1, -0.05) is 18.2 Å². The van der Waals surface area contributed by atoms with Gasteiger partial charge in [-0.25, -0.2) is 0 Å². The van der Waals surface area contributed by atoms with Gasteiger partial charge in [0.05, 0.1) is 19.9 Å². The number of nitrogens with one attached hydrogen (secondary N) is 1. The van der Waals surface area contributed by atoms with Crippen molar-refractivity contribution in [2.24, 2.45) is 0 Å². The molecule has 0 radical (unpaired) electrons. The van der Waals surface area contributed by atoms with Crippen LogP contribution in [0.15, 0.2) is 42.5 Å². The monoisotopic (exact) mass is 328 g/mol. The summed E-state index contributed by atoms with van der Waals surface area (Å²) in [5.74, 6) is 1.49. The van der Waals surface area contributed by atoms with E-state index in [1.807, 2.05) is 24.3 Å². The van der Waals surface area contributed by atoms with Crippen LogP contribution >= 0.6 is 12.2 Å². The van der Waals surface area contributed by atoms with Crippen LogP contribution in [-0.4, -0.2) is 25.4 Å². The van der Waals surface area contributed by atoms with Gasteiger partial charge in [-0.2, -0.15) is 0 Å². The van der Waals surface area contributed by atoms with Crippen molar-refractivity contribution in [2.45, 2.75) is 19.4 Å². The SMILES string of the molecule is COc1ccc(OC)c(NC(=S)N2c3ccccc3C[C@@H]2C)c1. The Morgan fingerprint density at radius 2 is 1.96 bits per heavy atom. The second kappa shape index (κ2) is 6.46. The molecule has 2 aromatic rings. The Morgan fingerprint density at radius 3 is 2.70 bits per heavy atom. The van der Waals surface area contributed by atoms with Gasteiger partial charge in [0, 0.05) is 17.8 Å². The number of anilines is 2. The van der Waals surface area contributed by atoms with Crippen LogP contribution in [0.2, 0.25) is 0 Å². The number of para-hydroxylation sites is 1. The quantitative estimate of drug-likeness (QED) is 0.866. The number of benzene rings is 2. The first-order valence-corrected chi connectivity index (χ1v) is 7.95. The molecular formula is C18H20N2O2S. The van der Waals surface area contributed by atoms with E-state index in [-0.39, 0.29) is 0 Å². The Hall–Kier alpha value is -2.27. The third-order valence-electron chi connectivity index (χ3n) is 4.07. The van der Waals surface area contributed by atoms with Gasteiger partial charge < -0.3 is 19.7 Å². The molecule has 120 valence electrons. The number of nitrogens with zero attached hydrogens (tertiary/aromatic N) is 1.